The third-order valence-corrected chi connectivity index (χ3v) is 3.64. The number of nitrogens with zero attached hydrogens (tertiary/aromatic N) is 2. The quantitative estimate of drug-likeness (QED) is 0.760. The molecule has 0 aliphatic carbocycles. The summed E-state index contributed by atoms with van der Waals surface area (Å²) in [6.07, 6.45) is 1.38. The molecule has 0 aliphatic heterocycles. The predicted molar refractivity (Wildman–Crippen MR) is 91.2 cm³/mol. The average molecular weight is 344 g/mol. The molecule has 0 fully saturated rings. The Kier molecular flexibility index (Phi) is 4.39. The number of aromatic hydroxyl groups is 1. The summed E-state index contributed by atoms with van der Waals surface area (Å²) >= 11 is 6.03. The van der Waals surface area contributed by atoms with Gasteiger partial charge in [-0.05, 0) is 30.3 Å². The lowest BCUT2D eigenvalue weighted by Crippen LogP contribution is -2.13. The number of rotatable bonds is 4. The summed E-state index contributed by atoms with van der Waals surface area (Å²) in [5.41, 5.74) is 1.13. The highest BCUT2D eigenvalue weighted by atomic mass is 35.5. The van der Waals surface area contributed by atoms with Crippen molar-refractivity contribution in [2.75, 3.05) is 12.4 Å². The maximum Gasteiger partial charge on any atom is 0.280 e. The zero-order valence-corrected chi connectivity index (χ0v) is 13.5. The Morgan fingerprint density at radius 3 is 2.67 bits per heavy atom. The van der Waals surface area contributed by atoms with E-state index in [9.17, 15) is 9.90 Å². The van der Waals surface area contributed by atoms with Crippen LogP contribution in [0, 0.1) is 0 Å². The van der Waals surface area contributed by atoms with E-state index in [-0.39, 0.29) is 11.4 Å². The van der Waals surface area contributed by atoms with Crippen molar-refractivity contribution in [1.29, 1.82) is 0 Å². The van der Waals surface area contributed by atoms with Gasteiger partial charge in [-0.3, -0.25) is 4.79 Å². The zero-order valence-electron chi connectivity index (χ0n) is 12.7. The van der Waals surface area contributed by atoms with E-state index in [0.717, 1.165) is 5.69 Å². The Morgan fingerprint density at radius 1 is 1.25 bits per heavy atom. The first-order chi connectivity index (χ1) is 11.6. The van der Waals surface area contributed by atoms with Crippen LogP contribution in [-0.2, 0) is 0 Å². The van der Waals surface area contributed by atoms with Gasteiger partial charge in [0, 0.05) is 5.69 Å². The largest absolute Gasteiger partial charge is 0.504 e. The molecule has 0 spiro atoms. The van der Waals surface area contributed by atoms with Crippen molar-refractivity contribution in [3.8, 4) is 17.2 Å². The topological polar surface area (TPSA) is 76.4 Å². The van der Waals surface area contributed by atoms with Crippen LogP contribution >= 0.6 is 11.6 Å². The Bertz CT molecular complexity index is 878. The number of anilines is 1. The van der Waals surface area contributed by atoms with Crippen LogP contribution in [0.5, 0.6) is 11.5 Å². The number of aromatic nitrogens is 2. The molecule has 1 heterocycles. The number of nitrogens with one attached hydrogen (secondary N) is 1. The lowest BCUT2D eigenvalue weighted by Gasteiger charge is -2.07. The summed E-state index contributed by atoms with van der Waals surface area (Å²) in [4.78, 5) is 12.3. The van der Waals surface area contributed by atoms with Gasteiger partial charge in [0.25, 0.3) is 5.91 Å². The lowest BCUT2D eigenvalue weighted by atomic mass is 10.3. The van der Waals surface area contributed by atoms with Crippen LogP contribution < -0.4 is 10.1 Å². The summed E-state index contributed by atoms with van der Waals surface area (Å²) in [6, 6.07) is 14.0. The van der Waals surface area contributed by atoms with Gasteiger partial charge < -0.3 is 15.2 Å². The second-order valence-corrected chi connectivity index (χ2v) is 5.35. The molecule has 2 N–H and O–H groups in total. The summed E-state index contributed by atoms with van der Waals surface area (Å²) in [5, 5.41) is 17.1. The fourth-order valence-electron chi connectivity index (χ4n) is 2.17. The summed E-state index contributed by atoms with van der Waals surface area (Å²) in [7, 11) is 1.51. The van der Waals surface area contributed by atoms with Crippen molar-refractivity contribution >= 4 is 23.2 Å². The van der Waals surface area contributed by atoms with Crippen molar-refractivity contribution < 1.29 is 14.6 Å². The van der Waals surface area contributed by atoms with E-state index in [1.807, 2.05) is 30.3 Å². The normalized spacial score (nSPS) is 10.4. The molecule has 6 nitrogen and oxygen atoms in total. The van der Waals surface area contributed by atoms with Gasteiger partial charge in [-0.2, -0.15) is 5.10 Å². The third kappa shape index (κ3) is 3.18. The van der Waals surface area contributed by atoms with E-state index in [0.29, 0.717) is 16.5 Å². The Labute approximate surface area is 143 Å². The highest BCUT2D eigenvalue weighted by Crippen LogP contribution is 2.28. The number of methoxy groups -OCH3 is 1. The van der Waals surface area contributed by atoms with Crippen LogP contribution in [0.3, 0.4) is 0 Å². The number of carbonyl (C=O) groups excluding carboxylic acids is 1. The minimum Gasteiger partial charge on any atom is -0.504 e. The molecule has 3 aromatic rings. The van der Waals surface area contributed by atoms with E-state index in [2.05, 4.69) is 10.4 Å². The summed E-state index contributed by atoms with van der Waals surface area (Å²) in [6.45, 7) is 0. The van der Waals surface area contributed by atoms with E-state index in [1.54, 1.807) is 18.2 Å². The Hall–Kier alpha value is -2.99. The fourth-order valence-corrected chi connectivity index (χ4v) is 2.43. The predicted octanol–water partition coefficient (Wildman–Crippen LogP) is 3.49. The maximum absolute atomic E-state index is 12.3. The molecule has 0 bridgehead atoms. The molecule has 0 saturated heterocycles. The highest BCUT2D eigenvalue weighted by molar-refractivity contribution is 6.32. The smallest absolute Gasteiger partial charge is 0.280 e. The van der Waals surface area contributed by atoms with Gasteiger partial charge in [-0.25, -0.2) is 4.68 Å². The third-order valence-electron chi connectivity index (χ3n) is 3.34. The number of para-hydroxylation sites is 1. The van der Waals surface area contributed by atoms with Gasteiger partial charge in [0.1, 0.15) is 5.75 Å². The first-order valence-electron chi connectivity index (χ1n) is 7.07. The highest BCUT2D eigenvalue weighted by Gasteiger charge is 2.17. The van der Waals surface area contributed by atoms with Gasteiger partial charge >= 0.3 is 0 Å². The van der Waals surface area contributed by atoms with Gasteiger partial charge in [0.05, 0.1) is 24.0 Å². The molecular weight excluding hydrogens is 330 g/mol. The van der Waals surface area contributed by atoms with Gasteiger partial charge in [-0.15, -0.1) is 0 Å². The minimum atomic E-state index is -0.539. The lowest BCUT2D eigenvalue weighted by molar-refractivity contribution is 0.101. The van der Waals surface area contributed by atoms with E-state index < -0.39 is 5.91 Å². The standard InChI is InChI=1S/C17H14ClN3O3/c1-24-15-8-7-11(9-13(15)18)19-17(23)16-14(22)10-21(20-16)12-5-3-2-4-6-12/h2-10,22H,1H3,(H,19,23). The molecule has 2 aromatic carbocycles. The van der Waals surface area contributed by atoms with Crippen LogP contribution in [0.2, 0.25) is 5.02 Å². The summed E-state index contributed by atoms with van der Waals surface area (Å²) in [5.74, 6) is -0.245. The van der Waals surface area contributed by atoms with Gasteiger partial charge in [0.2, 0.25) is 0 Å². The molecule has 24 heavy (non-hydrogen) atoms. The SMILES string of the molecule is COc1ccc(NC(=O)c2nn(-c3ccccc3)cc2O)cc1Cl. The first kappa shape index (κ1) is 15.9. The number of hydrogen-bond acceptors (Lipinski definition) is 4. The molecule has 0 unspecified atom stereocenters. The van der Waals surface area contributed by atoms with Crippen LogP contribution in [0.4, 0.5) is 5.69 Å². The molecular formula is C17H14ClN3O3. The number of ether oxygens (including phenoxy) is 1. The van der Waals surface area contributed by atoms with Crippen LogP contribution in [0.15, 0.2) is 54.7 Å². The van der Waals surface area contributed by atoms with Gasteiger partial charge in [-0.1, -0.05) is 29.8 Å². The van der Waals surface area contributed by atoms with Crippen molar-refractivity contribution in [1.82, 2.24) is 9.78 Å². The molecule has 1 aromatic heterocycles. The number of carbonyl (C=O) groups is 1. The molecule has 0 saturated carbocycles. The Balaban J connectivity index is 1.83. The first-order valence-corrected chi connectivity index (χ1v) is 7.45. The molecule has 0 radical (unpaired) electrons. The number of hydrogen-bond donors (Lipinski definition) is 2. The number of benzene rings is 2. The number of halogens is 1. The van der Waals surface area contributed by atoms with Crippen molar-refractivity contribution in [2.24, 2.45) is 0 Å². The molecule has 0 atom stereocenters. The minimum absolute atomic E-state index is 0.0780. The monoisotopic (exact) mass is 343 g/mol. The van der Waals surface area contributed by atoms with Crippen LogP contribution in [0.1, 0.15) is 10.5 Å². The Morgan fingerprint density at radius 2 is 2.00 bits per heavy atom. The second-order valence-electron chi connectivity index (χ2n) is 4.95. The molecule has 7 heteroatoms. The molecule has 3 rings (SSSR count). The van der Waals surface area contributed by atoms with Crippen LogP contribution in [-0.4, -0.2) is 27.9 Å². The molecule has 0 aliphatic rings. The number of amides is 1. The van der Waals surface area contributed by atoms with E-state index in [1.165, 1.54) is 18.0 Å². The van der Waals surface area contributed by atoms with Crippen LogP contribution in [0.25, 0.3) is 5.69 Å². The van der Waals surface area contributed by atoms with Gasteiger partial charge in [0.15, 0.2) is 11.4 Å². The van der Waals surface area contributed by atoms with E-state index >= 15 is 0 Å². The van der Waals surface area contributed by atoms with E-state index in [4.69, 9.17) is 16.3 Å². The maximum atomic E-state index is 12.3. The molecule has 1 amide bonds. The molecule has 122 valence electrons. The summed E-state index contributed by atoms with van der Waals surface area (Å²) < 4.78 is 6.50. The van der Waals surface area contributed by atoms with Crippen molar-refractivity contribution in [2.45, 2.75) is 0 Å². The van der Waals surface area contributed by atoms with Crippen molar-refractivity contribution in [3.05, 3.63) is 65.4 Å². The van der Waals surface area contributed by atoms with Crippen molar-refractivity contribution in [3.63, 3.8) is 0 Å². The zero-order chi connectivity index (χ0) is 17.1. The fraction of sp³-hybridized carbons (Fsp3) is 0.0588. The average Bonchev–Trinajstić information content (AvgIpc) is 2.98. The second kappa shape index (κ2) is 6.64.